The van der Waals surface area contributed by atoms with Gasteiger partial charge in [-0.3, -0.25) is 0 Å². The SMILES string of the molecule is CC(C)CCN1CCCC1CCN. The predicted octanol–water partition coefficient (Wildman–Crippen LogP) is 1.85. The van der Waals surface area contributed by atoms with Gasteiger partial charge >= 0.3 is 0 Å². The van der Waals surface area contributed by atoms with Crippen molar-refractivity contribution in [2.45, 2.75) is 45.6 Å². The first-order valence-corrected chi connectivity index (χ1v) is 5.68. The van der Waals surface area contributed by atoms with E-state index < -0.39 is 0 Å². The summed E-state index contributed by atoms with van der Waals surface area (Å²) >= 11 is 0. The minimum absolute atomic E-state index is 0.795. The van der Waals surface area contributed by atoms with Gasteiger partial charge in [0.2, 0.25) is 0 Å². The van der Waals surface area contributed by atoms with Gasteiger partial charge in [0.05, 0.1) is 0 Å². The fourth-order valence-electron chi connectivity index (χ4n) is 2.13. The lowest BCUT2D eigenvalue weighted by Gasteiger charge is -2.24. The molecule has 1 aliphatic heterocycles. The molecule has 0 amide bonds. The maximum Gasteiger partial charge on any atom is 0.0108 e. The van der Waals surface area contributed by atoms with E-state index in [1.807, 2.05) is 0 Å². The van der Waals surface area contributed by atoms with Crippen molar-refractivity contribution >= 4 is 0 Å². The van der Waals surface area contributed by atoms with E-state index in [0.29, 0.717) is 0 Å². The molecule has 1 fully saturated rings. The van der Waals surface area contributed by atoms with Crippen molar-refractivity contribution in [2.75, 3.05) is 19.6 Å². The molecule has 1 rings (SSSR count). The molecule has 0 aromatic rings. The molecule has 0 aromatic carbocycles. The van der Waals surface area contributed by atoms with E-state index in [4.69, 9.17) is 5.73 Å². The molecule has 1 heterocycles. The first-order chi connectivity index (χ1) is 6.24. The van der Waals surface area contributed by atoms with Crippen LogP contribution in [0, 0.1) is 5.92 Å². The molecule has 1 unspecified atom stereocenters. The summed E-state index contributed by atoms with van der Waals surface area (Å²) in [5.41, 5.74) is 5.60. The molecule has 0 spiro atoms. The van der Waals surface area contributed by atoms with Gasteiger partial charge in [0.25, 0.3) is 0 Å². The third-order valence-electron chi connectivity index (χ3n) is 2.99. The Morgan fingerprint density at radius 1 is 1.46 bits per heavy atom. The largest absolute Gasteiger partial charge is 0.330 e. The zero-order valence-electron chi connectivity index (χ0n) is 9.13. The van der Waals surface area contributed by atoms with Crippen molar-refractivity contribution in [1.29, 1.82) is 0 Å². The lowest BCUT2D eigenvalue weighted by Crippen LogP contribution is -2.32. The third kappa shape index (κ3) is 3.65. The first-order valence-electron chi connectivity index (χ1n) is 5.68. The Bertz CT molecular complexity index is 134. The Hall–Kier alpha value is -0.0800. The molecular formula is C11H24N2. The molecule has 78 valence electrons. The van der Waals surface area contributed by atoms with E-state index >= 15 is 0 Å². The molecule has 2 heteroatoms. The molecule has 13 heavy (non-hydrogen) atoms. The second-order valence-corrected chi connectivity index (χ2v) is 4.59. The van der Waals surface area contributed by atoms with Gasteiger partial charge in [-0.1, -0.05) is 13.8 Å². The van der Waals surface area contributed by atoms with E-state index in [2.05, 4.69) is 18.7 Å². The van der Waals surface area contributed by atoms with E-state index in [9.17, 15) is 0 Å². The summed E-state index contributed by atoms with van der Waals surface area (Å²) in [7, 11) is 0. The summed E-state index contributed by atoms with van der Waals surface area (Å²) in [6, 6.07) is 0.795. The predicted molar refractivity (Wildman–Crippen MR) is 57.7 cm³/mol. The van der Waals surface area contributed by atoms with E-state index in [1.165, 1.54) is 38.8 Å². The number of nitrogens with two attached hydrogens (primary N) is 1. The molecule has 0 aliphatic carbocycles. The van der Waals surface area contributed by atoms with Gasteiger partial charge in [0.15, 0.2) is 0 Å². The van der Waals surface area contributed by atoms with Gasteiger partial charge in [-0.2, -0.15) is 0 Å². The third-order valence-corrected chi connectivity index (χ3v) is 2.99. The summed E-state index contributed by atoms with van der Waals surface area (Å²) in [4.78, 5) is 2.63. The number of hydrogen-bond donors (Lipinski definition) is 1. The van der Waals surface area contributed by atoms with E-state index in [0.717, 1.165) is 18.5 Å². The van der Waals surface area contributed by atoms with Crippen LogP contribution in [-0.4, -0.2) is 30.6 Å². The van der Waals surface area contributed by atoms with Crippen LogP contribution in [0.5, 0.6) is 0 Å². The van der Waals surface area contributed by atoms with Crippen LogP contribution in [0.15, 0.2) is 0 Å². The molecule has 0 radical (unpaired) electrons. The quantitative estimate of drug-likeness (QED) is 0.706. The van der Waals surface area contributed by atoms with Crippen LogP contribution in [0.25, 0.3) is 0 Å². The lowest BCUT2D eigenvalue weighted by molar-refractivity contribution is 0.232. The molecule has 1 atom stereocenters. The molecular weight excluding hydrogens is 160 g/mol. The fourth-order valence-corrected chi connectivity index (χ4v) is 2.13. The first kappa shape index (κ1) is 11.0. The monoisotopic (exact) mass is 184 g/mol. The van der Waals surface area contributed by atoms with Gasteiger partial charge in [-0.05, 0) is 51.2 Å². The van der Waals surface area contributed by atoms with Crippen molar-refractivity contribution in [3.8, 4) is 0 Å². The standard InChI is InChI=1S/C11H24N2/c1-10(2)6-9-13-8-3-4-11(13)5-7-12/h10-11H,3-9,12H2,1-2H3. The van der Waals surface area contributed by atoms with Crippen LogP contribution < -0.4 is 5.73 Å². The van der Waals surface area contributed by atoms with Crippen molar-refractivity contribution in [3.63, 3.8) is 0 Å². The summed E-state index contributed by atoms with van der Waals surface area (Å²) < 4.78 is 0. The highest BCUT2D eigenvalue weighted by molar-refractivity contribution is 4.79. The zero-order chi connectivity index (χ0) is 9.68. The van der Waals surface area contributed by atoms with Crippen molar-refractivity contribution in [2.24, 2.45) is 11.7 Å². The second kappa shape index (κ2) is 5.61. The average molecular weight is 184 g/mol. The fraction of sp³-hybridized carbons (Fsp3) is 1.00. The van der Waals surface area contributed by atoms with Crippen LogP contribution in [0.1, 0.15) is 39.5 Å². The summed E-state index contributed by atoms with van der Waals surface area (Å²) in [6.07, 6.45) is 5.28. The molecule has 2 nitrogen and oxygen atoms in total. The van der Waals surface area contributed by atoms with Crippen LogP contribution in [-0.2, 0) is 0 Å². The number of nitrogens with zero attached hydrogens (tertiary/aromatic N) is 1. The topological polar surface area (TPSA) is 29.3 Å². The van der Waals surface area contributed by atoms with Gasteiger partial charge < -0.3 is 10.6 Å². The molecule has 0 bridgehead atoms. The van der Waals surface area contributed by atoms with Crippen LogP contribution in [0.2, 0.25) is 0 Å². The zero-order valence-corrected chi connectivity index (χ0v) is 9.13. The maximum atomic E-state index is 5.60. The van der Waals surface area contributed by atoms with Gasteiger partial charge in [-0.25, -0.2) is 0 Å². The van der Waals surface area contributed by atoms with Gasteiger partial charge in [0.1, 0.15) is 0 Å². The minimum Gasteiger partial charge on any atom is -0.330 e. The Kier molecular flexibility index (Phi) is 4.74. The number of hydrogen-bond acceptors (Lipinski definition) is 2. The maximum absolute atomic E-state index is 5.60. The molecule has 1 aliphatic rings. The van der Waals surface area contributed by atoms with Gasteiger partial charge in [-0.15, -0.1) is 0 Å². The normalized spacial score (nSPS) is 24.5. The van der Waals surface area contributed by atoms with Crippen molar-refractivity contribution in [3.05, 3.63) is 0 Å². The summed E-state index contributed by atoms with van der Waals surface area (Å²) in [6.45, 7) is 8.03. The minimum atomic E-state index is 0.795. The summed E-state index contributed by atoms with van der Waals surface area (Å²) in [5.74, 6) is 0.833. The molecule has 0 aromatic heterocycles. The Labute approximate surface area is 82.5 Å². The molecule has 2 N–H and O–H groups in total. The molecule has 1 saturated heterocycles. The lowest BCUT2D eigenvalue weighted by atomic mass is 10.1. The number of likely N-dealkylation sites (tertiary alicyclic amines) is 1. The second-order valence-electron chi connectivity index (χ2n) is 4.59. The van der Waals surface area contributed by atoms with E-state index in [-0.39, 0.29) is 0 Å². The highest BCUT2D eigenvalue weighted by atomic mass is 15.2. The van der Waals surface area contributed by atoms with E-state index in [1.54, 1.807) is 0 Å². The Morgan fingerprint density at radius 3 is 2.85 bits per heavy atom. The van der Waals surface area contributed by atoms with Crippen LogP contribution >= 0.6 is 0 Å². The number of rotatable bonds is 5. The highest BCUT2D eigenvalue weighted by Crippen LogP contribution is 2.20. The van der Waals surface area contributed by atoms with Gasteiger partial charge in [0, 0.05) is 6.04 Å². The van der Waals surface area contributed by atoms with Crippen LogP contribution in [0.4, 0.5) is 0 Å². The van der Waals surface area contributed by atoms with Crippen LogP contribution in [0.3, 0.4) is 0 Å². The smallest absolute Gasteiger partial charge is 0.0108 e. The summed E-state index contributed by atoms with van der Waals surface area (Å²) in [5, 5.41) is 0. The highest BCUT2D eigenvalue weighted by Gasteiger charge is 2.22. The Balaban J connectivity index is 2.22. The van der Waals surface area contributed by atoms with Crippen molar-refractivity contribution < 1.29 is 0 Å². The average Bonchev–Trinajstić information content (AvgIpc) is 2.49. The molecule has 0 saturated carbocycles. The Morgan fingerprint density at radius 2 is 2.23 bits per heavy atom. The van der Waals surface area contributed by atoms with Crippen molar-refractivity contribution in [1.82, 2.24) is 4.90 Å².